The van der Waals surface area contributed by atoms with Gasteiger partial charge in [0.2, 0.25) is 6.23 Å². The van der Waals surface area contributed by atoms with Crippen LogP contribution in [0.1, 0.15) is 29.5 Å². The normalized spacial score (nSPS) is 17.3. The summed E-state index contributed by atoms with van der Waals surface area (Å²) in [7, 11) is 0. The molecule has 3 amide bonds. The van der Waals surface area contributed by atoms with Gasteiger partial charge < -0.3 is 15.2 Å². The molecule has 4 aromatic carbocycles. The van der Waals surface area contributed by atoms with Crippen LogP contribution >= 0.6 is 0 Å². The van der Waals surface area contributed by atoms with Crippen LogP contribution in [0.15, 0.2) is 97.1 Å². The minimum absolute atomic E-state index is 0.0814. The van der Waals surface area contributed by atoms with E-state index in [1.54, 1.807) is 18.2 Å². The molecular weight excluding hydrogens is 494 g/mol. The van der Waals surface area contributed by atoms with E-state index < -0.39 is 36.1 Å². The summed E-state index contributed by atoms with van der Waals surface area (Å²) < 4.78 is 11.7. The van der Waals surface area contributed by atoms with Crippen molar-refractivity contribution < 1.29 is 23.9 Å². The van der Waals surface area contributed by atoms with E-state index in [0.29, 0.717) is 16.3 Å². The largest absolute Gasteiger partial charge is 0.467 e. The molecule has 198 valence electrons. The molecule has 0 saturated carbocycles. The second-order valence-electron chi connectivity index (χ2n) is 9.57. The molecule has 0 bridgehead atoms. The van der Waals surface area contributed by atoms with E-state index in [4.69, 9.17) is 15.2 Å². The van der Waals surface area contributed by atoms with Gasteiger partial charge >= 0.3 is 6.09 Å². The Morgan fingerprint density at radius 1 is 0.923 bits per heavy atom. The molecule has 3 atom stereocenters. The van der Waals surface area contributed by atoms with Crippen LogP contribution in [0.5, 0.6) is 5.75 Å². The van der Waals surface area contributed by atoms with Crippen molar-refractivity contribution in [1.82, 2.24) is 10.0 Å². The number of nitrogens with zero attached hydrogens (tertiary/aromatic N) is 2. The highest BCUT2D eigenvalue weighted by atomic mass is 16.6. The number of rotatable bonds is 7. The molecule has 1 aliphatic rings. The topological polar surface area (TPSA) is 102 Å². The Kier molecular flexibility index (Phi) is 7.29. The molecule has 39 heavy (non-hydrogen) atoms. The van der Waals surface area contributed by atoms with Crippen molar-refractivity contribution in [3.8, 4) is 5.75 Å². The highest BCUT2D eigenvalue weighted by Crippen LogP contribution is 2.40. The fourth-order valence-corrected chi connectivity index (χ4v) is 4.57. The molecule has 5 rings (SSSR count). The number of hydrogen-bond acceptors (Lipinski definition) is 6. The van der Waals surface area contributed by atoms with E-state index in [2.05, 4.69) is 0 Å². The van der Waals surface area contributed by atoms with Crippen LogP contribution < -0.4 is 10.5 Å². The molecule has 8 nitrogen and oxygen atoms in total. The number of hydrazine groups is 1. The Labute approximate surface area is 226 Å². The Bertz CT molecular complexity index is 1520. The SMILES string of the molecule is Cc1cccc(O[C@H]2[C@H](c3ccc4ccccc4c3)C(=O)N2N(C(=O)OCc2ccccc2)C(=O)[C@H](C)N)c1. The van der Waals surface area contributed by atoms with Crippen LogP contribution in [0.25, 0.3) is 10.8 Å². The fraction of sp³-hybridized carbons (Fsp3) is 0.194. The van der Waals surface area contributed by atoms with Gasteiger partial charge in [0, 0.05) is 0 Å². The molecule has 4 aromatic rings. The molecule has 1 aliphatic heterocycles. The van der Waals surface area contributed by atoms with Gasteiger partial charge in [0.05, 0.1) is 6.04 Å². The summed E-state index contributed by atoms with van der Waals surface area (Å²) in [5, 5.41) is 3.68. The van der Waals surface area contributed by atoms with Crippen LogP contribution in [-0.4, -0.2) is 40.2 Å². The molecule has 1 fully saturated rings. The van der Waals surface area contributed by atoms with Crippen molar-refractivity contribution >= 4 is 28.7 Å². The van der Waals surface area contributed by atoms with Gasteiger partial charge in [-0.05, 0) is 53.4 Å². The van der Waals surface area contributed by atoms with E-state index in [9.17, 15) is 14.4 Å². The average molecular weight is 524 g/mol. The first kappa shape index (κ1) is 25.9. The van der Waals surface area contributed by atoms with E-state index in [1.807, 2.05) is 85.8 Å². The van der Waals surface area contributed by atoms with Gasteiger partial charge in [-0.15, -0.1) is 5.01 Å². The van der Waals surface area contributed by atoms with Gasteiger partial charge in [-0.2, -0.15) is 5.01 Å². The molecule has 1 heterocycles. The third-order valence-electron chi connectivity index (χ3n) is 6.59. The third-order valence-corrected chi connectivity index (χ3v) is 6.59. The molecule has 0 aliphatic carbocycles. The molecule has 0 unspecified atom stereocenters. The highest BCUT2D eigenvalue weighted by molar-refractivity contribution is 6.00. The second kappa shape index (κ2) is 11.0. The Balaban J connectivity index is 1.50. The zero-order valence-electron chi connectivity index (χ0n) is 21.7. The number of imide groups is 1. The Morgan fingerprint density at radius 2 is 1.64 bits per heavy atom. The standard InChI is InChI=1S/C31H29N3O5/c1-20-9-8-14-26(17-20)39-30-27(25-16-15-23-12-6-7-13-24(23)18-25)29(36)33(30)34(28(35)21(2)32)31(37)38-19-22-10-4-3-5-11-22/h3-18,21,27,30H,19,32H2,1-2H3/t21-,27+,30-/m0/s1. The summed E-state index contributed by atoms with van der Waals surface area (Å²) in [6, 6.07) is 28.9. The molecular formula is C31H29N3O5. The molecule has 1 saturated heterocycles. The minimum atomic E-state index is -1.07. The van der Waals surface area contributed by atoms with E-state index in [-0.39, 0.29) is 6.61 Å². The van der Waals surface area contributed by atoms with E-state index in [0.717, 1.165) is 26.9 Å². The summed E-state index contributed by atoms with van der Waals surface area (Å²) in [4.78, 5) is 40.2. The van der Waals surface area contributed by atoms with Crippen molar-refractivity contribution in [1.29, 1.82) is 0 Å². The monoisotopic (exact) mass is 523 g/mol. The fourth-order valence-electron chi connectivity index (χ4n) is 4.57. The number of hydrogen-bond donors (Lipinski definition) is 1. The minimum Gasteiger partial charge on any atom is -0.467 e. The maximum Gasteiger partial charge on any atom is 0.436 e. The summed E-state index contributed by atoms with van der Waals surface area (Å²) in [6.07, 6.45) is -2.00. The van der Waals surface area contributed by atoms with Crippen molar-refractivity contribution in [2.24, 2.45) is 5.73 Å². The van der Waals surface area contributed by atoms with Crippen LogP contribution in [0.4, 0.5) is 4.79 Å². The number of aryl methyl sites for hydroxylation is 1. The summed E-state index contributed by atoms with van der Waals surface area (Å²) in [5.74, 6) is -1.53. The Morgan fingerprint density at radius 3 is 2.36 bits per heavy atom. The predicted octanol–water partition coefficient (Wildman–Crippen LogP) is 4.91. The van der Waals surface area contributed by atoms with Crippen LogP contribution in [0.3, 0.4) is 0 Å². The molecule has 0 aromatic heterocycles. The van der Waals surface area contributed by atoms with Crippen LogP contribution in [0, 0.1) is 6.92 Å². The second-order valence-corrected chi connectivity index (χ2v) is 9.57. The first-order valence-corrected chi connectivity index (χ1v) is 12.7. The number of amides is 3. The number of β-lactam (4-membered cyclic amide) rings is 1. The van der Waals surface area contributed by atoms with Gasteiger partial charge in [-0.25, -0.2) is 4.79 Å². The lowest BCUT2D eigenvalue weighted by Crippen LogP contribution is -2.71. The number of carbonyl (C=O) groups is 3. The maximum atomic E-state index is 13.7. The highest BCUT2D eigenvalue weighted by Gasteiger charge is 2.56. The van der Waals surface area contributed by atoms with Gasteiger partial charge in [0.1, 0.15) is 18.3 Å². The van der Waals surface area contributed by atoms with Crippen molar-refractivity contribution in [2.45, 2.75) is 38.6 Å². The third kappa shape index (κ3) is 5.32. The zero-order chi connectivity index (χ0) is 27.5. The van der Waals surface area contributed by atoms with E-state index in [1.165, 1.54) is 6.92 Å². The van der Waals surface area contributed by atoms with Gasteiger partial charge in [-0.3, -0.25) is 9.59 Å². The maximum absolute atomic E-state index is 13.7. The van der Waals surface area contributed by atoms with Crippen molar-refractivity contribution in [3.63, 3.8) is 0 Å². The molecule has 2 N–H and O–H groups in total. The smallest absolute Gasteiger partial charge is 0.436 e. The van der Waals surface area contributed by atoms with Crippen molar-refractivity contribution in [2.75, 3.05) is 0 Å². The van der Waals surface area contributed by atoms with E-state index >= 15 is 0 Å². The predicted molar refractivity (Wildman–Crippen MR) is 146 cm³/mol. The number of ether oxygens (including phenoxy) is 2. The Hall–Kier alpha value is -4.69. The van der Waals surface area contributed by atoms with Gasteiger partial charge in [-0.1, -0.05) is 84.9 Å². The quantitative estimate of drug-likeness (QED) is 0.346. The lowest BCUT2D eigenvalue weighted by atomic mass is 9.87. The first-order valence-electron chi connectivity index (χ1n) is 12.7. The van der Waals surface area contributed by atoms with Crippen LogP contribution in [-0.2, 0) is 20.9 Å². The van der Waals surface area contributed by atoms with Gasteiger partial charge in [0.15, 0.2) is 0 Å². The number of fused-ring (bicyclic) bond motifs is 1. The molecule has 8 heteroatoms. The summed E-state index contributed by atoms with van der Waals surface area (Å²) in [5.41, 5.74) is 8.29. The number of benzene rings is 4. The summed E-state index contributed by atoms with van der Waals surface area (Å²) >= 11 is 0. The number of nitrogens with two attached hydrogens (primary N) is 1. The molecule has 0 spiro atoms. The molecule has 0 radical (unpaired) electrons. The first-order chi connectivity index (χ1) is 18.8. The zero-order valence-corrected chi connectivity index (χ0v) is 21.7. The summed E-state index contributed by atoms with van der Waals surface area (Å²) in [6.45, 7) is 3.29. The lowest BCUT2D eigenvalue weighted by Gasteiger charge is -2.49. The number of carbonyl (C=O) groups excluding carboxylic acids is 3. The van der Waals surface area contributed by atoms with Crippen molar-refractivity contribution in [3.05, 3.63) is 114 Å². The van der Waals surface area contributed by atoms with Crippen LogP contribution in [0.2, 0.25) is 0 Å². The van der Waals surface area contributed by atoms with Gasteiger partial charge in [0.25, 0.3) is 11.8 Å². The lowest BCUT2D eigenvalue weighted by molar-refractivity contribution is -0.207. The average Bonchev–Trinajstić information content (AvgIpc) is 2.94.